The summed E-state index contributed by atoms with van der Waals surface area (Å²) in [4.78, 5) is 0. The molecule has 0 spiro atoms. The van der Waals surface area contributed by atoms with Crippen LogP contribution in [0.25, 0.3) is 0 Å². The van der Waals surface area contributed by atoms with Crippen LogP contribution in [-0.2, 0) is 0 Å². The molecule has 0 aliphatic carbocycles. The van der Waals surface area contributed by atoms with Crippen LogP contribution in [0.5, 0.6) is 0 Å². The number of hydrogen-bond acceptors (Lipinski definition) is 2. The van der Waals surface area contributed by atoms with Gasteiger partial charge in [-0.1, -0.05) is 62.2 Å². The lowest BCUT2D eigenvalue weighted by molar-refractivity contribution is 0.579. The smallest absolute Gasteiger partial charge is 0.128 e. The SMILES string of the molecule is Fc1ccccc1[C@@H]1CC(c2ccc(Br)cc2)=NN1c1ccc(Br)cc1. The van der Waals surface area contributed by atoms with E-state index in [9.17, 15) is 4.39 Å². The molecular formula is C21H15Br2FN2. The van der Waals surface area contributed by atoms with Gasteiger partial charge in [0, 0.05) is 20.9 Å². The molecule has 4 rings (SSSR count). The van der Waals surface area contributed by atoms with Crippen LogP contribution in [0.15, 0.2) is 86.8 Å². The lowest BCUT2D eigenvalue weighted by Crippen LogP contribution is -2.19. The molecule has 0 fully saturated rings. The highest BCUT2D eigenvalue weighted by atomic mass is 79.9. The minimum Gasteiger partial charge on any atom is -0.257 e. The van der Waals surface area contributed by atoms with Crippen molar-refractivity contribution in [3.05, 3.63) is 98.7 Å². The van der Waals surface area contributed by atoms with Crippen molar-refractivity contribution in [3.8, 4) is 0 Å². The van der Waals surface area contributed by atoms with Gasteiger partial charge in [-0.3, -0.25) is 5.01 Å². The highest BCUT2D eigenvalue weighted by Crippen LogP contribution is 2.38. The summed E-state index contributed by atoms with van der Waals surface area (Å²) in [6, 6.07) is 22.8. The molecule has 26 heavy (non-hydrogen) atoms. The molecule has 3 aromatic rings. The van der Waals surface area contributed by atoms with Crippen LogP contribution in [0.4, 0.5) is 10.1 Å². The second kappa shape index (κ2) is 7.33. The predicted octanol–water partition coefficient (Wildman–Crippen LogP) is 6.71. The summed E-state index contributed by atoms with van der Waals surface area (Å²) in [6.45, 7) is 0. The van der Waals surface area contributed by atoms with Gasteiger partial charge in [0.2, 0.25) is 0 Å². The highest BCUT2D eigenvalue weighted by molar-refractivity contribution is 9.10. The van der Waals surface area contributed by atoms with E-state index in [-0.39, 0.29) is 11.9 Å². The van der Waals surface area contributed by atoms with E-state index in [0.717, 1.165) is 25.9 Å². The Hall–Kier alpha value is -1.98. The third-order valence-electron chi connectivity index (χ3n) is 4.44. The van der Waals surface area contributed by atoms with E-state index < -0.39 is 0 Å². The Morgan fingerprint density at radius 2 is 1.46 bits per heavy atom. The lowest BCUT2D eigenvalue weighted by atomic mass is 9.98. The molecule has 0 saturated heterocycles. The van der Waals surface area contributed by atoms with Crippen LogP contribution in [-0.4, -0.2) is 5.71 Å². The number of hydrazone groups is 1. The van der Waals surface area contributed by atoms with Gasteiger partial charge in [-0.2, -0.15) is 5.10 Å². The van der Waals surface area contributed by atoms with Crippen molar-refractivity contribution in [2.75, 3.05) is 5.01 Å². The maximum absolute atomic E-state index is 14.5. The van der Waals surface area contributed by atoms with E-state index in [0.29, 0.717) is 12.0 Å². The Balaban J connectivity index is 1.77. The maximum Gasteiger partial charge on any atom is 0.128 e. The standard InChI is InChI=1S/C21H15Br2FN2/c22-15-7-5-14(6-8-15)20-13-21(18-3-1-2-4-19(18)24)26(25-20)17-11-9-16(23)10-12-17/h1-12,21H,13H2/t21-/m0/s1. The first kappa shape index (κ1) is 17.4. The number of halogens is 3. The van der Waals surface area contributed by atoms with Gasteiger partial charge < -0.3 is 0 Å². The van der Waals surface area contributed by atoms with Gasteiger partial charge in [-0.25, -0.2) is 4.39 Å². The zero-order valence-corrected chi connectivity index (χ0v) is 16.9. The second-order valence-electron chi connectivity index (χ2n) is 6.12. The predicted molar refractivity (Wildman–Crippen MR) is 111 cm³/mol. The van der Waals surface area contributed by atoms with Crippen LogP contribution in [0.2, 0.25) is 0 Å². The molecule has 0 N–H and O–H groups in total. The van der Waals surface area contributed by atoms with E-state index in [1.54, 1.807) is 6.07 Å². The topological polar surface area (TPSA) is 15.6 Å². The number of anilines is 1. The minimum atomic E-state index is -0.202. The molecule has 0 saturated carbocycles. The second-order valence-corrected chi connectivity index (χ2v) is 7.95. The van der Waals surface area contributed by atoms with Crippen molar-refractivity contribution in [1.82, 2.24) is 0 Å². The first-order valence-electron chi connectivity index (χ1n) is 8.24. The third-order valence-corrected chi connectivity index (χ3v) is 5.50. The maximum atomic E-state index is 14.5. The average molecular weight is 474 g/mol. The first-order chi connectivity index (χ1) is 12.6. The first-order valence-corrected chi connectivity index (χ1v) is 9.83. The largest absolute Gasteiger partial charge is 0.257 e. The monoisotopic (exact) mass is 472 g/mol. The van der Waals surface area contributed by atoms with Gasteiger partial charge in [0.25, 0.3) is 0 Å². The molecule has 130 valence electrons. The molecule has 0 bridgehead atoms. The molecule has 0 unspecified atom stereocenters. The van der Waals surface area contributed by atoms with Crippen LogP contribution in [0, 0.1) is 5.82 Å². The number of hydrogen-bond donors (Lipinski definition) is 0. The van der Waals surface area contributed by atoms with E-state index in [1.165, 1.54) is 6.07 Å². The van der Waals surface area contributed by atoms with Gasteiger partial charge in [0.15, 0.2) is 0 Å². The van der Waals surface area contributed by atoms with E-state index >= 15 is 0 Å². The Kier molecular flexibility index (Phi) is 4.92. The summed E-state index contributed by atoms with van der Waals surface area (Å²) >= 11 is 6.93. The Labute approximate surface area is 168 Å². The number of rotatable bonds is 3. The fraction of sp³-hybridized carbons (Fsp3) is 0.0952. The molecule has 0 amide bonds. The summed E-state index contributed by atoms with van der Waals surface area (Å²) in [5.41, 5.74) is 3.60. The molecule has 1 atom stereocenters. The molecule has 0 radical (unpaired) electrons. The van der Waals surface area contributed by atoms with Crippen LogP contribution in [0.1, 0.15) is 23.6 Å². The van der Waals surface area contributed by atoms with Gasteiger partial charge in [0.1, 0.15) is 5.82 Å². The molecule has 1 aliphatic rings. The van der Waals surface area contributed by atoms with E-state index in [1.807, 2.05) is 65.7 Å². The molecule has 2 nitrogen and oxygen atoms in total. The van der Waals surface area contributed by atoms with Crippen molar-refractivity contribution >= 4 is 43.3 Å². The van der Waals surface area contributed by atoms with E-state index in [2.05, 4.69) is 31.9 Å². The molecule has 1 heterocycles. The molecule has 3 aromatic carbocycles. The van der Waals surface area contributed by atoms with Gasteiger partial charge >= 0.3 is 0 Å². The van der Waals surface area contributed by atoms with Crippen molar-refractivity contribution in [3.63, 3.8) is 0 Å². The van der Waals surface area contributed by atoms with Crippen LogP contribution >= 0.6 is 31.9 Å². The summed E-state index contributed by atoms with van der Waals surface area (Å²) in [7, 11) is 0. The Bertz CT molecular complexity index is 953. The molecular weight excluding hydrogens is 459 g/mol. The Morgan fingerprint density at radius 3 is 2.12 bits per heavy atom. The summed E-state index contributed by atoms with van der Waals surface area (Å²) in [6.07, 6.45) is 0.651. The minimum absolute atomic E-state index is 0.170. The fourth-order valence-electron chi connectivity index (χ4n) is 3.15. The zero-order valence-electron chi connectivity index (χ0n) is 13.7. The summed E-state index contributed by atoms with van der Waals surface area (Å²) in [5, 5.41) is 6.76. The van der Waals surface area contributed by atoms with Crippen LogP contribution < -0.4 is 5.01 Å². The van der Waals surface area contributed by atoms with Gasteiger partial charge in [-0.05, 0) is 48.0 Å². The Morgan fingerprint density at radius 1 is 0.846 bits per heavy atom. The molecule has 0 aromatic heterocycles. The fourth-order valence-corrected chi connectivity index (χ4v) is 3.68. The van der Waals surface area contributed by atoms with Gasteiger partial charge in [0.05, 0.1) is 17.4 Å². The van der Waals surface area contributed by atoms with Crippen LogP contribution in [0.3, 0.4) is 0 Å². The van der Waals surface area contributed by atoms with Crippen molar-refractivity contribution < 1.29 is 4.39 Å². The normalized spacial score (nSPS) is 16.7. The number of benzene rings is 3. The summed E-state index contributed by atoms with van der Waals surface area (Å²) < 4.78 is 16.5. The molecule has 5 heteroatoms. The highest BCUT2D eigenvalue weighted by Gasteiger charge is 2.31. The third kappa shape index (κ3) is 3.46. The van der Waals surface area contributed by atoms with Gasteiger partial charge in [-0.15, -0.1) is 0 Å². The van der Waals surface area contributed by atoms with Crippen molar-refractivity contribution in [2.45, 2.75) is 12.5 Å². The van der Waals surface area contributed by atoms with E-state index in [4.69, 9.17) is 5.10 Å². The van der Waals surface area contributed by atoms with Crippen molar-refractivity contribution in [2.24, 2.45) is 5.10 Å². The van der Waals surface area contributed by atoms with Crippen molar-refractivity contribution in [1.29, 1.82) is 0 Å². The lowest BCUT2D eigenvalue weighted by Gasteiger charge is -2.24. The molecule has 1 aliphatic heterocycles. The number of nitrogens with zero attached hydrogens (tertiary/aromatic N) is 2. The quantitative estimate of drug-likeness (QED) is 0.412. The zero-order chi connectivity index (χ0) is 18.1. The average Bonchev–Trinajstić information content (AvgIpc) is 3.08. The summed E-state index contributed by atoms with van der Waals surface area (Å²) in [5.74, 6) is -0.202.